The molecule has 0 saturated carbocycles. The highest BCUT2D eigenvalue weighted by atomic mass is 35.5. The van der Waals surface area contributed by atoms with Gasteiger partial charge in [0.2, 0.25) is 5.88 Å². The van der Waals surface area contributed by atoms with E-state index in [0.29, 0.717) is 42.0 Å². The van der Waals surface area contributed by atoms with E-state index in [1.54, 1.807) is 13.2 Å². The Morgan fingerprint density at radius 2 is 1.91 bits per heavy atom. The summed E-state index contributed by atoms with van der Waals surface area (Å²) >= 11 is 7.04. The standard InChI is InChI=1S/C32H34ClN5O5/c1-18-15-27(37-31(42-4)24(18)16-34-26-12-14-43-17-28(26)39)22-9-5-8-21(29(22)33)20-7-6-10-25(19(20)2)36-30(40)23-11-13-35-38(3)32(23)41/h5-11,13,15,26,28,34,39H,12,14,16-17H2,1-4H3,(H,36,40)/t26-,28+/m1/s1. The number of methoxy groups -OCH3 is 1. The van der Waals surface area contributed by atoms with E-state index in [4.69, 9.17) is 26.1 Å². The molecule has 11 heteroatoms. The predicted molar refractivity (Wildman–Crippen MR) is 166 cm³/mol. The molecule has 10 nitrogen and oxygen atoms in total. The number of amides is 1. The van der Waals surface area contributed by atoms with Gasteiger partial charge < -0.3 is 25.2 Å². The number of nitrogens with one attached hydrogen (secondary N) is 2. The van der Waals surface area contributed by atoms with E-state index in [1.807, 2.05) is 50.2 Å². The molecule has 2 aromatic carbocycles. The van der Waals surface area contributed by atoms with Gasteiger partial charge in [-0.2, -0.15) is 5.10 Å². The molecule has 0 bridgehead atoms. The first-order valence-corrected chi connectivity index (χ1v) is 14.3. The monoisotopic (exact) mass is 603 g/mol. The number of ether oxygens (including phenoxy) is 2. The fourth-order valence-electron chi connectivity index (χ4n) is 5.26. The highest BCUT2D eigenvalue weighted by Gasteiger charge is 2.24. The predicted octanol–water partition coefficient (Wildman–Crippen LogP) is 4.28. The van der Waals surface area contributed by atoms with Gasteiger partial charge in [0, 0.05) is 54.8 Å². The average Bonchev–Trinajstić information content (AvgIpc) is 2.99. The van der Waals surface area contributed by atoms with Gasteiger partial charge in [0.25, 0.3) is 11.5 Å². The summed E-state index contributed by atoms with van der Waals surface area (Å²) in [6.45, 7) is 5.30. The van der Waals surface area contributed by atoms with E-state index in [0.717, 1.165) is 44.5 Å². The molecular weight excluding hydrogens is 570 g/mol. The zero-order valence-corrected chi connectivity index (χ0v) is 25.2. The molecule has 0 radical (unpaired) electrons. The van der Waals surface area contributed by atoms with E-state index in [2.05, 4.69) is 15.7 Å². The Balaban J connectivity index is 1.44. The number of halogens is 1. The average molecular weight is 604 g/mol. The quantitative estimate of drug-likeness (QED) is 0.272. The number of aryl methyl sites for hydroxylation is 2. The van der Waals surface area contributed by atoms with Crippen LogP contribution in [0.5, 0.6) is 5.88 Å². The molecule has 2 atom stereocenters. The Morgan fingerprint density at radius 1 is 1.16 bits per heavy atom. The van der Waals surface area contributed by atoms with Crippen LogP contribution in [-0.2, 0) is 18.3 Å². The molecule has 0 spiro atoms. The summed E-state index contributed by atoms with van der Waals surface area (Å²) in [5.41, 5.74) is 5.73. The van der Waals surface area contributed by atoms with Crippen LogP contribution < -0.4 is 20.9 Å². The van der Waals surface area contributed by atoms with Gasteiger partial charge in [-0.3, -0.25) is 9.59 Å². The van der Waals surface area contributed by atoms with E-state index in [9.17, 15) is 14.7 Å². The minimum Gasteiger partial charge on any atom is -0.481 e. The summed E-state index contributed by atoms with van der Waals surface area (Å²) in [5, 5.41) is 20.9. The van der Waals surface area contributed by atoms with E-state index in [-0.39, 0.29) is 11.6 Å². The Morgan fingerprint density at radius 3 is 2.67 bits per heavy atom. The van der Waals surface area contributed by atoms with Gasteiger partial charge >= 0.3 is 0 Å². The lowest BCUT2D eigenvalue weighted by atomic mass is 9.96. The zero-order chi connectivity index (χ0) is 30.7. The first kappa shape index (κ1) is 30.4. The Hall–Kier alpha value is -4.09. The summed E-state index contributed by atoms with van der Waals surface area (Å²) in [4.78, 5) is 30.1. The normalized spacial score (nSPS) is 16.6. The van der Waals surface area contributed by atoms with Crippen molar-refractivity contribution in [2.45, 2.75) is 39.0 Å². The maximum Gasteiger partial charge on any atom is 0.279 e. The van der Waals surface area contributed by atoms with Crippen molar-refractivity contribution in [1.82, 2.24) is 20.1 Å². The van der Waals surface area contributed by atoms with Crippen molar-refractivity contribution in [3.05, 3.63) is 92.4 Å². The molecule has 4 aromatic rings. The second-order valence-corrected chi connectivity index (χ2v) is 10.9. The van der Waals surface area contributed by atoms with Crippen LogP contribution in [0.4, 0.5) is 5.69 Å². The SMILES string of the molecule is COc1nc(-c2cccc(-c3cccc(NC(=O)c4ccnn(C)c4=O)c3C)c2Cl)cc(C)c1CN[C@@H]1CCOC[C@@H]1O. The number of carbonyl (C=O) groups excluding carboxylic acids is 1. The summed E-state index contributed by atoms with van der Waals surface area (Å²) in [5.74, 6) is -0.0376. The minimum atomic E-state index is -0.563. The molecule has 1 aliphatic heterocycles. The molecule has 2 aromatic heterocycles. The molecule has 3 N–H and O–H groups in total. The maximum atomic E-state index is 12.9. The molecule has 3 heterocycles. The van der Waals surface area contributed by atoms with Gasteiger partial charge in [-0.15, -0.1) is 0 Å². The second-order valence-electron chi connectivity index (χ2n) is 10.5. The number of rotatable bonds is 8. The lowest BCUT2D eigenvalue weighted by Gasteiger charge is -2.29. The number of hydrogen-bond acceptors (Lipinski definition) is 8. The van der Waals surface area contributed by atoms with Gasteiger partial charge in [0.05, 0.1) is 30.5 Å². The van der Waals surface area contributed by atoms with Gasteiger partial charge in [-0.25, -0.2) is 9.67 Å². The van der Waals surface area contributed by atoms with Crippen molar-refractivity contribution in [2.24, 2.45) is 7.05 Å². The fourth-order valence-corrected chi connectivity index (χ4v) is 5.58. The fraction of sp³-hybridized carbons (Fsp3) is 0.312. The lowest BCUT2D eigenvalue weighted by molar-refractivity contribution is -0.0281. The lowest BCUT2D eigenvalue weighted by Crippen LogP contribution is -2.46. The number of carbonyl (C=O) groups is 1. The molecule has 5 rings (SSSR count). The highest BCUT2D eigenvalue weighted by molar-refractivity contribution is 6.36. The number of pyridine rings is 1. The van der Waals surface area contributed by atoms with Gasteiger partial charge in [0.1, 0.15) is 5.56 Å². The van der Waals surface area contributed by atoms with Crippen molar-refractivity contribution in [3.8, 4) is 28.3 Å². The first-order valence-electron chi connectivity index (χ1n) is 14.0. The van der Waals surface area contributed by atoms with Gasteiger partial charge in [-0.05, 0) is 55.2 Å². The van der Waals surface area contributed by atoms with Crippen molar-refractivity contribution in [3.63, 3.8) is 0 Å². The number of nitrogens with zero attached hydrogens (tertiary/aromatic N) is 3. The van der Waals surface area contributed by atoms with Crippen LogP contribution in [0, 0.1) is 13.8 Å². The maximum absolute atomic E-state index is 12.9. The molecular formula is C32H34ClN5O5. The van der Waals surface area contributed by atoms with Crippen LogP contribution in [0.2, 0.25) is 5.02 Å². The van der Waals surface area contributed by atoms with E-state index >= 15 is 0 Å². The van der Waals surface area contributed by atoms with E-state index in [1.165, 1.54) is 19.3 Å². The van der Waals surface area contributed by atoms with E-state index < -0.39 is 17.6 Å². The van der Waals surface area contributed by atoms with Gasteiger partial charge in [0.15, 0.2) is 0 Å². The molecule has 224 valence electrons. The third-order valence-corrected chi connectivity index (χ3v) is 8.17. The molecule has 1 saturated heterocycles. The Bertz CT molecular complexity index is 1720. The minimum absolute atomic E-state index is 0.000284. The highest BCUT2D eigenvalue weighted by Crippen LogP contribution is 2.39. The number of benzene rings is 2. The van der Waals surface area contributed by atoms with Crippen LogP contribution in [0.3, 0.4) is 0 Å². The summed E-state index contributed by atoms with van der Waals surface area (Å²) in [6, 6.07) is 14.6. The number of hydrogen-bond donors (Lipinski definition) is 3. The summed E-state index contributed by atoms with van der Waals surface area (Å²) in [7, 11) is 3.08. The van der Waals surface area contributed by atoms with Crippen LogP contribution in [0.15, 0.2) is 59.5 Å². The van der Waals surface area contributed by atoms with Crippen LogP contribution in [-0.4, -0.2) is 58.2 Å². The summed E-state index contributed by atoms with van der Waals surface area (Å²) in [6.07, 6.45) is 1.57. The van der Waals surface area contributed by atoms with Crippen LogP contribution in [0.25, 0.3) is 22.4 Å². The molecule has 0 aliphatic carbocycles. The molecule has 1 aliphatic rings. The third-order valence-electron chi connectivity index (χ3n) is 7.77. The Kier molecular flexibility index (Phi) is 9.22. The second kappa shape index (κ2) is 13.0. The molecule has 0 unspecified atom stereocenters. The smallest absolute Gasteiger partial charge is 0.279 e. The van der Waals surface area contributed by atoms with Crippen LogP contribution >= 0.6 is 11.6 Å². The van der Waals surface area contributed by atoms with Crippen molar-refractivity contribution in [1.29, 1.82) is 0 Å². The van der Waals surface area contributed by atoms with Crippen molar-refractivity contribution in [2.75, 3.05) is 25.6 Å². The zero-order valence-electron chi connectivity index (χ0n) is 24.5. The molecule has 1 amide bonds. The van der Waals surface area contributed by atoms with Crippen LogP contribution in [0.1, 0.15) is 33.5 Å². The Labute approximate surface area is 254 Å². The number of aromatic nitrogens is 3. The first-order chi connectivity index (χ1) is 20.7. The summed E-state index contributed by atoms with van der Waals surface area (Å²) < 4.78 is 12.1. The molecule has 43 heavy (non-hydrogen) atoms. The topological polar surface area (TPSA) is 128 Å². The van der Waals surface area contributed by atoms with Crippen molar-refractivity contribution < 1.29 is 19.4 Å². The third kappa shape index (κ3) is 6.33. The number of anilines is 1. The number of aliphatic hydroxyl groups excluding tert-OH is 1. The molecule has 1 fully saturated rings. The number of aliphatic hydroxyl groups is 1. The van der Waals surface area contributed by atoms with Gasteiger partial charge in [-0.1, -0.05) is 41.9 Å². The largest absolute Gasteiger partial charge is 0.481 e. The van der Waals surface area contributed by atoms with Crippen molar-refractivity contribution >= 4 is 23.2 Å².